The van der Waals surface area contributed by atoms with E-state index < -0.39 is 0 Å². The monoisotopic (exact) mass is 96.0 g/mol. The van der Waals surface area contributed by atoms with E-state index in [1.807, 2.05) is 0 Å². The van der Waals surface area contributed by atoms with Gasteiger partial charge in [0, 0.05) is 0 Å². The summed E-state index contributed by atoms with van der Waals surface area (Å²) in [6, 6.07) is 0. The van der Waals surface area contributed by atoms with Crippen LogP contribution in [0, 0.1) is 0 Å². The van der Waals surface area contributed by atoms with E-state index in [0.717, 1.165) is 0 Å². The van der Waals surface area contributed by atoms with Gasteiger partial charge in [-0.25, -0.2) is 0 Å². The fourth-order valence-electron chi connectivity index (χ4n) is 0.315. The van der Waals surface area contributed by atoms with Crippen LogP contribution >= 0.6 is 7.92 Å². The minimum absolute atomic E-state index is 0.0628. The predicted octanol–water partition coefficient (Wildman–Crippen LogP) is 1.89. The van der Waals surface area contributed by atoms with E-state index in [4.69, 9.17) is 0 Å². The van der Waals surface area contributed by atoms with Gasteiger partial charge in [-0.15, -0.1) is 0 Å². The molecule has 1 heterocycles. The number of hydrogen-bond donors (Lipinski definition) is 0. The minimum Gasteiger partial charge on any atom is -0.0694 e. The van der Waals surface area contributed by atoms with Gasteiger partial charge in [0.2, 0.25) is 0 Å². The van der Waals surface area contributed by atoms with Crippen LogP contribution in [0.1, 0.15) is 0 Å². The van der Waals surface area contributed by atoms with Crippen LogP contribution in [0.15, 0.2) is 23.1 Å². The van der Waals surface area contributed by atoms with Crippen LogP contribution in [0.2, 0.25) is 0 Å². The van der Waals surface area contributed by atoms with Gasteiger partial charge >= 0.3 is 0 Å². The largest absolute Gasteiger partial charge is 0.0694 e. The SMILES string of the molecule is CP1C=C=C=C1. The lowest BCUT2D eigenvalue weighted by Crippen LogP contribution is -1.42. The molecule has 0 aromatic rings. The highest BCUT2D eigenvalue weighted by atomic mass is 31.1. The molecule has 1 aliphatic rings. The molecule has 0 fully saturated rings. The van der Waals surface area contributed by atoms with E-state index in [9.17, 15) is 0 Å². The van der Waals surface area contributed by atoms with Crippen molar-refractivity contribution in [2.45, 2.75) is 0 Å². The van der Waals surface area contributed by atoms with Crippen LogP contribution < -0.4 is 0 Å². The molecule has 1 aliphatic heterocycles. The summed E-state index contributed by atoms with van der Waals surface area (Å²) in [4.78, 5) is 0. The Bertz CT molecular complexity index is 118. The summed E-state index contributed by atoms with van der Waals surface area (Å²) in [5.74, 6) is 4.10. The molecule has 30 valence electrons. The summed E-state index contributed by atoms with van der Waals surface area (Å²) < 4.78 is 0. The Balaban J connectivity index is 2.89. The lowest BCUT2D eigenvalue weighted by atomic mass is 10.9. The zero-order chi connectivity index (χ0) is 4.41. The second kappa shape index (κ2) is 1.45. The van der Waals surface area contributed by atoms with Crippen molar-refractivity contribution < 1.29 is 0 Å². The molecule has 1 rings (SSSR count). The molecule has 0 saturated carbocycles. The first-order chi connectivity index (χ1) is 2.89. The average molecular weight is 96.1 g/mol. The molecule has 1 heteroatoms. The summed E-state index contributed by atoms with van der Waals surface area (Å²) >= 11 is 0. The van der Waals surface area contributed by atoms with E-state index >= 15 is 0 Å². The summed E-state index contributed by atoms with van der Waals surface area (Å²) in [6.07, 6.45) is 0. The van der Waals surface area contributed by atoms with E-state index in [-0.39, 0.29) is 7.92 Å². The van der Waals surface area contributed by atoms with Gasteiger partial charge in [-0.2, -0.15) is 0 Å². The Morgan fingerprint density at radius 1 is 1.33 bits per heavy atom. The van der Waals surface area contributed by atoms with Gasteiger partial charge in [-0.3, -0.25) is 0 Å². The number of hydrogen-bond acceptors (Lipinski definition) is 0. The fraction of sp³-hybridized carbons (Fsp3) is 0.200. The Hall–Kier alpha value is -0.270. The maximum absolute atomic E-state index is 2.87. The molecule has 0 unspecified atom stereocenters. The highest BCUT2D eigenvalue weighted by Gasteiger charge is 1.86. The Morgan fingerprint density at radius 2 is 1.83 bits per heavy atom. The molecule has 0 aliphatic carbocycles. The summed E-state index contributed by atoms with van der Waals surface area (Å²) in [5.41, 5.74) is 5.74. The van der Waals surface area contributed by atoms with E-state index in [1.165, 1.54) is 0 Å². The lowest BCUT2D eigenvalue weighted by molar-refractivity contribution is 2.34. The smallest absolute Gasteiger partial charge is 0.00571 e. The Kier molecular flexibility index (Phi) is 0.946. The second-order valence-corrected chi connectivity index (χ2v) is 3.06. The molecule has 0 nitrogen and oxygen atoms in total. The van der Waals surface area contributed by atoms with Crippen LogP contribution in [0.25, 0.3) is 0 Å². The highest BCUT2D eigenvalue weighted by molar-refractivity contribution is 7.63. The topological polar surface area (TPSA) is 0 Å². The van der Waals surface area contributed by atoms with Crippen molar-refractivity contribution in [1.29, 1.82) is 0 Å². The predicted molar refractivity (Wildman–Crippen MR) is 29.0 cm³/mol. The first kappa shape index (κ1) is 3.90. The van der Waals surface area contributed by atoms with Crippen LogP contribution in [0.5, 0.6) is 0 Å². The van der Waals surface area contributed by atoms with E-state index in [1.54, 1.807) is 0 Å². The molecule has 0 spiro atoms. The Morgan fingerprint density at radius 3 is 2.00 bits per heavy atom. The van der Waals surface area contributed by atoms with Crippen molar-refractivity contribution in [1.82, 2.24) is 0 Å². The van der Waals surface area contributed by atoms with Crippen molar-refractivity contribution in [3.8, 4) is 0 Å². The third-order valence-electron chi connectivity index (χ3n) is 0.620. The van der Waals surface area contributed by atoms with Gasteiger partial charge in [0.1, 0.15) is 0 Å². The molecule has 6 heavy (non-hydrogen) atoms. The zero-order valence-corrected chi connectivity index (χ0v) is 4.50. The molecule has 0 aromatic carbocycles. The third-order valence-corrected chi connectivity index (χ3v) is 1.69. The lowest BCUT2D eigenvalue weighted by Gasteiger charge is -1.83. The van der Waals surface area contributed by atoms with Crippen LogP contribution in [-0.2, 0) is 0 Å². The fourth-order valence-corrected chi connectivity index (χ4v) is 0.946. The van der Waals surface area contributed by atoms with E-state index in [2.05, 4.69) is 29.8 Å². The normalized spacial score (nSPS) is 17.5. The quantitative estimate of drug-likeness (QED) is 0.319. The van der Waals surface area contributed by atoms with Crippen LogP contribution in [0.3, 0.4) is 0 Å². The van der Waals surface area contributed by atoms with E-state index in [0.29, 0.717) is 0 Å². The maximum atomic E-state index is 2.87. The van der Waals surface area contributed by atoms with Gasteiger partial charge < -0.3 is 0 Å². The summed E-state index contributed by atoms with van der Waals surface area (Å²) in [7, 11) is 0.0628. The molecule has 0 amide bonds. The van der Waals surface area contributed by atoms with Crippen molar-refractivity contribution in [2.24, 2.45) is 0 Å². The van der Waals surface area contributed by atoms with Gasteiger partial charge in [-0.05, 0) is 26.2 Å². The average Bonchev–Trinajstić information content (AvgIpc) is 1.86. The standard InChI is InChI=1S/C5H5P/c1-6-4-2-3-5-6/h4-5H,1H3. The Labute approximate surface area is 38.6 Å². The molecule has 0 aromatic heterocycles. The molecular weight excluding hydrogens is 91.0 g/mol. The van der Waals surface area contributed by atoms with Crippen molar-refractivity contribution >= 4 is 7.92 Å². The van der Waals surface area contributed by atoms with Gasteiger partial charge in [0.05, 0.1) is 0 Å². The maximum Gasteiger partial charge on any atom is -0.00571 e. The molecule has 0 radical (unpaired) electrons. The molecule has 0 atom stereocenters. The minimum atomic E-state index is 0.0628. The molecular formula is C5H5P. The van der Waals surface area contributed by atoms with Crippen molar-refractivity contribution in [3.05, 3.63) is 23.1 Å². The van der Waals surface area contributed by atoms with Gasteiger partial charge in [-0.1, -0.05) is 11.5 Å². The van der Waals surface area contributed by atoms with Crippen LogP contribution in [-0.4, -0.2) is 6.66 Å². The van der Waals surface area contributed by atoms with Gasteiger partial charge in [0.25, 0.3) is 0 Å². The number of rotatable bonds is 0. The zero-order valence-electron chi connectivity index (χ0n) is 3.60. The van der Waals surface area contributed by atoms with Crippen LogP contribution in [0.4, 0.5) is 0 Å². The van der Waals surface area contributed by atoms with Gasteiger partial charge in [0.15, 0.2) is 0 Å². The first-order valence-electron chi connectivity index (χ1n) is 1.79. The summed E-state index contributed by atoms with van der Waals surface area (Å²) in [6.45, 7) is 2.17. The van der Waals surface area contributed by atoms with Crippen molar-refractivity contribution in [3.63, 3.8) is 0 Å². The molecule has 0 bridgehead atoms. The third kappa shape index (κ3) is 0.614. The molecule has 0 N–H and O–H groups in total. The highest BCUT2D eigenvalue weighted by Crippen LogP contribution is 2.34. The second-order valence-electron chi connectivity index (χ2n) is 1.21. The van der Waals surface area contributed by atoms with Crippen molar-refractivity contribution in [2.75, 3.05) is 6.66 Å². The summed E-state index contributed by atoms with van der Waals surface area (Å²) in [5, 5.41) is 0. The molecule has 0 saturated heterocycles. The first-order valence-corrected chi connectivity index (χ1v) is 3.72.